The number of carbonyl (C=O) groups is 1. The summed E-state index contributed by atoms with van der Waals surface area (Å²) in [5, 5.41) is 4.26. The van der Waals surface area contributed by atoms with Gasteiger partial charge < -0.3 is 5.73 Å². The summed E-state index contributed by atoms with van der Waals surface area (Å²) >= 11 is 0. The molecule has 0 atom stereocenters. The van der Waals surface area contributed by atoms with Crippen molar-refractivity contribution in [1.29, 1.82) is 0 Å². The Bertz CT molecular complexity index is 720. The lowest BCUT2D eigenvalue weighted by molar-refractivity contribution is 0.0999. The Balaban J connectivity index is 2.14. The molecule has 3 rings (SSSR count). The first-order valence-electron chi connectivity index (χ1n) is 5.32. The van der Waals surface area contributed by atoms with E-state index in [1.807, 2.05) is 30.3 Å². The zero-order chi connectivity index (χ0) is 12.5. The molecule has 6 heteroatoms. The Labute approximate surface area is 102 Å². The summed E-state index contributed by atoms with van der Waals surface area (Å²) in [7, 11) is 0. The highest BCUT2D eigenvalue weighted by Crippen LogP contribution is 2.14. The van der Waals surface area contributed by atoms with E-state index in [1.54, 1.807) is 0 Å². The number of nitrogens with zero attached hydrogens (tertiary/aromatic N) is 4. The summed E-state index contributed by atoms with van der Waals surface area (Å²) in [6.07, 6.45) is 2.91. The van der Waals surface area contributed by atoms with Crippen LogP contribution in [0.4, 0.5) is 0 Å². The molecule has 2 aromatic heterocycles. The van der Waals surface area contributed by atoms with Crippen molar-refractivity contribution >= 4 is 11.7 Å². The van der Waals surface area contributed by atoms with Gasteiger partial charge in [-0.3, -0.25) is 4.79 Å². The van der Waals surface area contributed by atoms with Crippen LogP contribution in [0.1, 0.15) is 10.4 Å². The van der Waals surface area contributed by atoms with Crippen molar-refractivity contribution in [2.24, 2.45) is 5.73 Å². The molecule has 0 saturated carbocycles. The van der Waals surface area contributed by atoms with Gasteiger partial charge in [-0.05, 0) is 0 Å². The monoisotopic (exact) mass is 239 g/mol. The van der Waals surface area contributed by atoms with E-state index in [2.05, 4.69) is 15.1 Å². The lowest BCUT2D eigenvalue weighted by Crippen LogP contribution is -2.12. The van der Waals surface area contributed by atoms with Gasteiger partial charge in [0.15, 0.2) is 5.82 Å². The molecule has 6 nitrogen and oxygen atoms in total. The molecule has 0 fully saturated rings. The van der Waals surface area contributed by atoms with Gasteiger partial charge in [-0.2, -0.15) is 4.98 Å². The zero-order valence-electron chi connectivity index (χ0n) is 9.32. The van der Waals surface area contributed by atoms with E-state index in [1.165, 1.54) is 16.9 Å². The molecule has 0 radical (unpaired) electrons. The summed E-state index contributed by atoms with van der Waals surface area (Å²) in [5.74, 6) is 0.449. The van der Waals surface area contributed by atoms with Crippen LogP contribution < -0.4 is 5.73 Å². The summed E-state index contributed by atoms with van der Waals surface area (Å²) in [6, 6.07) is 9.54. The quantitative estimate of drug-likeness (QED) is 0.719. The predicted molar refractivity (Wildman–Crippen MR) is 64.7 cm³/mol. The molecule has 0 unspecified atom stereocenters. The number of amides is 1. The highest BCUT2D eigenvalue weighted by Gasteiger charge is 2.08. The molecule has 88 valence electrons. The number of hydrogen-bond donors (Lipinski definition) is 1. The number of nitrogens with two attached hydrogens (primary N) is 1. The van der Waals surface area contributed by atoms with Crippen molar-refractivity contribution in [2.45, 2.75) is 0 Å². The Morgan fingerprint density at radius 3 is 2.72 bits per heavy atom. The second-order valence-electron chi connectivity index (χ2n) is 3.75. The van der Waals surface area contributed by atoms with Crippen molar-refractivity contribution in [1.82, 2.24) is 19.6 Å². The fourth-order valence-corrected chi connectivity index (χ4v) is 1.62. The van der Waals surface area contributed by atoms with Crippen LogP contribution in [0.15, 0.2) is 42.7 Å². The maximum absolute atomic E-state index is 11.0. The molecule has 0 aliphatic carbocycles. The van der Waals surface area contributed by atoms with Crippen LogP contribution in [0.25, 0.3) is 17.2 Å². The summed E-state index contributed by atoms with van der Waals surface area (Å²) in [6.45, 7) is 0. The maximum atomic E-state index is 11.0. The predicted octanol–water partition coefficient (Wildman–Crippen LogP) is 0.890. The van der Waals surface area contributed by atoms with Gasteiger partial charge in [0.1, 0.15) is 0 Å². The highest BCUT2D eigenvalue weighted by molar-refractivity contribution is 5.92. The SMILES string of the molecule is NC(=O)c1cnc2nc(-c3ccccc3)nn2c1. The first-order valence-corrected chi connectivity index (χ1v) is 5.32. The molecular formula is C12H9N5O. The van der Waals surface area contributed by atoms with Gasteiger partial charge in [-0.25, -0.2) is 9.50 Å². The number of benzene rings is 1. The number of aromatic nitrogens is 4. The van der Waals surface area contributed by atoms with Crippen LogP contribution in [0.5, 0.6) is 0 Å². The summed E-state index contributed by atoms with van der Waals surface area (Å²) in [5.41, 5.74) is 6.37. The molecule has 2 N–H and O–H groups in total. The molecule has 0 aliphatic heterocycles. The van der Waals surface area contributed by atoms with E-state index >= 15 is 0 Å². The lowest BCUT2D eigenvalue weighted by atomic mass is 10.2. The number of rotatable bonds is 2. The normalized spacial score (nSPS) is 10.7. The summed E-state index contributed by atoms with van der Waals surface area (Å²) in [4.78, 5) is 19.4. The molecule has 3 aromatic rings. The van der Waals surface area contributed by atoms with Crippen molar-refractivity contribution in [2.75, 3.05) is 0 Å². The van der Waals surface area contributed by atoms with Gasteiger partial charge in [-0.15, -0.1) is 5.10 Å². The fourth-order valence-electron chi connectivity index (χ4n) is 1.62. The van der Waals surface area contributed by atoms with E-state index in [4.69, 9.17) is 5.73 Å². The largest absolute Gasteiger partial charge is 0.366 e. The average Bonchev–Trinajstić information content (AvgIpc) is 2.82. The third kappa shape index (κ3) is 1.69. The van der Waals surface area contributed by atoms with Crippen LogP contribution >= 0.6 is 0 Å². The first-order chi connectivity index (χ1) is 8.74. The minimum atomic E-state index is -0.541. The smallest absolute Gasteiger partial charge is 0.252 e. The van der Waals surface area contributed by atoms with Gasteiger partial charge >= 0.3 is 0 Å². The van der Waals surface area contributed by atoms with Crippen molar-refractivity contribution < 1.29 is 4.79 Å². The van der Waals surface area contributed by atoms with Crippen molar-refractivity contribution in [3.05, 3.63) is 48.3 Å². The second kappa shape index (κ2) is 3.92. The standard InChI is InChI=1S/C12H9N5O/c13-10(18)9-6-14-12-15-11(16-17(12)7-9)8-4-2-1-3-5-8/h1-7H,(H2,13,18). The topological polar surface area (TPSA) is 86.2 Å². The van der Waals surface area contributed by atoms with E-state index in [0.29, 0.717) is 17.2 Å². The molecule has 0 bridgehead atoms. The van der Waals surface area contributed by atoms with Gasteiger partial charge in [0.25, 0.3) is 11.7 Å². The Hall–Kier alpha value is -2.76. The maximum Gasteiger partial charge on any atom is 0.252 e. The molecule has 0 saturated heterocycles. The number of fused-ring (bicyclic) bond motifs is 1. The molecule has 2 heterocycles. The van der Waals surface area contributed by atoms with Crippen LogP contribution in [-0.2, 0) is 0 Å². The Morgan fingerprint density at radius 2 is 2.00 bits per heavy atom. The third-order valence-electron chi connectivity index (χ3n) is 2.51. The van der Waals surface area contributed by atoms with E-state index < -0.39 is 5.91 Å². The highest BCUT2D eigenvalue weighted by atomic mass is 16.1. The van der Waals surface area contributed by atoms with Crippen molar-refractivity contribution in [3.8, 4) is 11.4 Å². The van der Waals surface area contributed by atoms with Crippen LogP contribution in [0, 0.1) is 0 Å². The minimum absolute atomic E-state index is 0.298. The van der Waals surface area contributed by atoms with Crippen molar-refractivity contribution in [3.63, 3.8) is 0 Å². The third-order valence-corrected chi connectivity index (χ3v) is 2.51. The van der Waals surface area contributed by atoms with Gasteiger partial charge in [0, 0.05) is 18.0 Å². The van der Waals surface area contributed by atoms with E-state index in [0.717, 1.165) is 5.56 Å². The molecule has 1 amide bonds. The van der Waals surface area contributed by atoms with E-state index in [-0.39, 0.29) is 0 Å². The van der Waals surface area contributed by atoms with Gasteiger partial charge in [0.2, 0.25) is 0 Å². The van der Waals surface area contributed by atoms with E-state index in [9.17, 15) is 4.79 Å². The van der Waals surface area contributed by atoms with Crippen LogP contribution in [-0.4, -0.2) is 25.5 Å². The Kier molecular flexibility index (Phi) is 2.26. The Morgan fingerprint density at radius 1 is 1.22 bits per heavy atom. The number of carbonyl (C=O) groups excluding carboxylic acids is 1. The van der Waals surface area contributed by atoms with Crippen LogP contribution in [0.3, 0.4) is 0 Å². The molecular weight excluding hydrogens is 230 g/mol. The minimum Gasteiger partial charge on any atom is -0.366 e. The summed E-state index contributed by atoms with van der Waals surface area (Å²) < 4.78 is 1.45. The lowest BCUT2D eigenvalue weighted by Gasteiger charge is -1.94. The zero-order valence-corrected chi connectivity index (χ0v) is 9.32. The number of hydrogen-bond acceptors (Lipinski definition) is 4. The average molecular weight is 239 g/mol. The molecule has 0 aliphatic rings. The molecule has 18 heavy (non-hydrogen) atoms. The first kappa shape index (κ1) is 10.4. The fraction of sp³-hybridized carbons (Fsp3) is 0. The number of primary amides is 1. The van der Waals surface area contributed by atoms with Gasteiger partial charge in [-0.1, -0.05) is 30.3 Å². The second-order valence-corrected chi connectivity index (χ2v) is 3.75. The van der Waals surface area contributed by atoms with Gasteiger partial charge in [0.05, 0.1) is 5.56 Å². The molecule has 1 aromatic carbocycles. The molecule has 0 spiro atoms. The van der Waals surface area contributed by atoms with Crippen LogP contribution in [0.2, 0.25) is 0 Å².